The Morgan fingerprint density at radius 1 is 1.60 bits per heavy atom. The van der Waals surface area contributed by atoms with Crippen LogP contribution in [0.3, 0.4) is 0 Å². The van der Waals surface area contributed by atoms with E-state index in [1.54, 1.807) is 0 Å². The lowest BCUT2D eigenvalue weighted by atomic mass is 10.3. The molecule has 0 radical (unpaired) electrons. The van der Waals surface area contributed by atoms with Crippen molar-refractivity contribution in [2.24, 2.45) is 0 Å². The van der Waals surface area contributed by atoms with E-state index in [1.165, 1.54) is 0 Å². The Hall–Kier alpha value is -0.170. The maximum absolute atomic E-state index is 11.1. The number of hydrogen-bond acceptors (Lipinski definition) is 2. The van der Waals surface area contributed by atoms with Gasteiger partial charge in [-0.2, -0.15) is 0 Å². The van der Waals surface area contributed by atoms with Crippen molar-refractivity contribution in [3.63, 3.8) is 0 Å². The van der Waals surface area contributed by atoms with Crippen molar-refractivity contribution in [3.05, 3.63) is 0 Å². The van der Waals surface area contributed by atoms with Gasteiger partial charge in [0.1, 0.15) is 11.3 Å². The van der Waals surface area contributed by atoms with E-state index in [2.05, 4.69) is 10.6 Å². The van der Waals surface area contributed by atoms with Gasteiger partial charge in [0.15, 0.2) is 0 Å². The Morgan fingerprint density at radius 2 is 2.10 bits per heavy atom. The van der Waals surface area contributed by atoms with Gasteiger partial charge in [0.2, 0.25) is 0 Å². The van der Waals surface area contributed by atoms with Crippen LogP contribution in [0.5, 0.6) is 0 Å². The summed E-state index contributed by atoms with van der Waals surface area (Å²) in [5.41, 5.74) is 0. The van der Waals surface area contributed by atoms with Crippen LogP contribution in [0.25, 0.3) is 0 Å². The predicted octanol–water partition coefficient (Wildman–Crippen LogP) is 0.671. The van der Waals surface area contributed by atoms with Crippen molar-refractivity contribution in [2.45, 2.75) is 25.5 Å². The summed E-state index contributed by atoms with van der Waals surface area (Å²) in [4.78, 5) is 0. The van der Waals surface area contributed by atoms with Crippen molar-refractivity contribution in [1.82, 2.24) is 4.72 Å². The van der Waals surface area contributed by atoms with Crippen LogP contribution in [0.2, 0.25) is 0 Å². The Bertz CT molecular complexity index is 134. The van der Waals surface area contributed by atoms with E-state index in [9.17, 15) is 4.55 Å². The molecule has 0 aromatic heterocycles. The summed E-state index contributed by atoms with van der Waals surface area (Å²) in [6.45, 7) is 6.05. The van der Waals surface area contributed by atoms with Crippen LogP contribution >= 0.6 is 0 Å². The first-order chi connectivity index (χ1) is 4.48. The van der Waals surface area contributed by atoms with Crippen molar-refractivity contribution < 1.29 is 4.55 Å². The van der Waals surface area contributed by atoms with Crippen LogP contribution in [0.1, 0.15) is 20.8 Å². The van der Waals surface area contributed by atoms with Crippen LogP contribution in [0, 0.1) is 12.3 Å². The molecule has 0 bridgehead atoms. The highest BCUT2D eigenvalue weighted by atomic mass is 32.2. The summed E-state index contributed by atoms with van der Waals surface area (Å²) in [5, 5.41) is 0. The molecule has 0 heterocycles. The molecule has 0 saturated carbocycles. The molecule has 3 heteroatoms. The number of hydrogen-bond donors (Lipinski definition) is 1. The first-order valence-corrected chi connectivity index (χ1v) is 4.22. The van der Waals surface area contributed by atoms with Gasteiger partial charge in [0.25, 0.3) is 0 Å². The van der Waals surface area contributed by atoms with Gasteiger partial charge in [0, 0.05) is 11.4 Å². The Labute approximate surface area is 65.7 Å². The molecule has 0 aromatic carbocycles. The molecule has 58 valence electrons. The number of terminal acetylenes is 1. The Morgan fingerprint density at radius 3 is 2.40 bits per heavy atom. The summed E-state index contributed by atoms with van der Waals surface area (Å²) in [6, 6.07) is 0. The molecule has 0 spiro atoms. The minimum atomic E-state index is -1.03. The lowest BCUT2D eigenvalue weighted by Gasteiger charge is -2.22. The topological polar surface area (TPSA) is 35.1 Å². The van der Waals surface area contributed by atoms with Gasteiger partial charge in [-0.25, -0.2) is 0 Å². The summed E-state index contributed by atoms with van der Waals surface area (Å²) in [5.74, 6) is 2.37. The van der Waals surface area contributed by atoms with Crippen LogP contribution in [0.4, 0.5) is 0 Å². The molecule has 0 aromatic rings. The van der Waals surface area contributed by atoms with Gasteiger partial charge in [-0.3, -0.25) is 0 Å². The molecule has 0 aliphatic rings. The van der Waals surface area contributed by atoms with Crippen molar-refractivity contribution in [3.8, 4) is 12.3 Å². The largest absolute Gasteiger partial charge is 0.598 e. The molecule has 0 rings (SSSR count). The average Bonchev–Trinajstić information content (AvgIpc) is 1.80. The second kappa shape index (κ2) is 3.87. The minimum absolute atomic E-state index is 0.225. The van der Waals surface area contributed by atoms with Crippen LogP contribution in [-0.2, 0) is 11.4 Å². The summed E-state index contributed by atoms with van der Waals surface area (Å²) >= 11 is -1.03. The van der Waals surface area contributed by atoms with Crippen molar-refractivity contribution in [1.29, 1.82) is 0 Å². The lowest BCUT2D eigenvalue weighted by molar-refractivity contribution is 0.548. The zero-order chi connectivity index (χ0) is 8.20. The predicted molar refractivity (Wildman–Crippen MR) is 44.7 cm³/mol. The molecular weight excluding hydrogens is 146 g/mol. The second-order valence-corrected chi connectivity index (χ2v) is 4.96. The van der Waals surface area contributed by atoms with E-state index in [0.29, 0.717) is 6.54 Å². The smallest absolute Gasteiger partial charge is 0.136 e. The van der Waals surface area contributed by atoms with E-state index in [4.69, 9.17) is 6.42 Å². The third-order valence-corrected chi connectivity index (χ3v) is 2.38. The summed E-state index contributed by atoms with van der Waals surface area (Å²) in [6.07, 6.45) is 4.97. The zero-order valence-corrected chi connectivity index (χ0v) is 7.42. The molecule has 1 unspecified atom stereocenters. The molecule has 2 nitrogen and oxygen atoms in total. The number of rotatable bonds is 2. The molecule has 1 N–H and O–H groups in total. The highest BCUT2D eigenvalue weighted by Gasteiger charge is 2.25. The highest BCUT2D eigenvalue weighted by molar-refractivity contribution is 7.90. The van der Waals surface area contributed by atoms with Gasteiger partial charge in [-0.05, 0) is 20.8 Å². The van der Waals surface area contributed by atoms with Crippen LogP contribution in [-0.4, -0.2) is 15.8 Å². The molecule has 0 saturated heterocycles. The van der Waals surface area contributed by atoms with E-state index < -0.39 is 11.4 Å². The fourth-order valence-electron chi connectivity index (χ4n) is 0.324. The fraction of sp³-hybridized carbons (Fsp3) is 0.714. The molecule has 1 atom stereocenters. The average molecular weight is 159 g/mol. The van der Waals surface area contributed by atoms with Gasteiger partial charge in [0.05, 0.1) is 0 Å². The highest BCUT2D eigenvalue weighted by Crippen LogP contribution is 2.12. The maximum Gasteiger partial charge on any atom is 0.136 e. The fourth-order valence-corrected chi connectivity index (χ4v) is 0.971. The third kappa shape index (κ3) is 3.78. The standard InChI is InChI=1S/C7H13NOS/c1-5-6-8-10(9)7(2,3)4/h1,8H,6H2,2-4H3. The maximum atomic E-state index is 11.1. The number of nitrogens with one attached hydrogen (secondary N) is 1. The van der Waals surface area contributed by atoms with Crippen molar-refractivity contribution >= 4 is 11.4 Å². The second-order valence-electron chi connectivity index (χ2n) is 2.91. The Kier molecular flexibility index (Phi) is 3.80. The molecule has 0 aliphatic carbocycles. The molecule has 10 heavy (non-hydrogen) atoms. The third-order valence-electron chi connectivity index (χ3n) is 0.862. The molecule has 0 aliphatic heterocycles. The molecule has 0 fully saturated rings. The van der Waals surface area contributed by atoms with E-state index >= 15 is 0 Å². The van der Waals surface area contributed by atoms with Gasteiger partial charge >= 0.3 is 0 Å². The molecule has 0 amide bonds. The Balaban J connectivity index is 3.65. The quantitative estimate of drug-likeness (QED) is 0.475. The van der Waals surface area contributed by atoms with Gasteiger partial charge < -0.3 is 4.55 Å². The van der Waals surface area contributed by atoms with E-state index in [-0.39, 0.29) is 4.75 Å². The lowest BCUT2D eigenvalue weighted by Crippen LogP contribution is -2.39. The van der Waals surface area contributed by atoms with Gasteiger partial charge in [-0.15, -0.1) is 11.1 Å². The first kappa shape index (κ1) is 9.83. The first-order valence-electron chi connectivity index (χ1n) is 3.07. The summed E-state index contributed by atoms with van der Waals surface area (Å²) in [7, 11) is 0. The molecular formula is C7H13NOS. The van der Waals surface area contributed by atoms with E-state index in [1.807, 2.05) is 20.8 Å². The zero-order valence-electron chi connectivity index (χ0n) is 6.60. The monoisotopic (exact) mass is 159 g/mol. The van der Waals surface area contributed by atoms with Crippen LogP contribution < -0.4 is 4.72 Å². The van der Waals surface area contributed by atoms with Crippen LogP contribution in [0.15, 0.2) is 0 Å². The van der Waals surface area contributed by atoms with E-state index in [0.717, 1.165) is 0 Å². The van der Waals surface area contributed by atoms with Gasteiger partial charge in [-0.1, -0.05) is 5.92 Å². The van der Waals surface area contributed by atoms with Crippen molar-refractivity contribution in [2.75, 3.05) is 6.54 Å². The summed E-state index contributed by atoms with van der Waals surface area (Å²) < 4.78 is 13.6. The minimum Gasteiger partial charge on any atom is -0.598 e. The normalized spacial score (nSPS) is 14.3. The SMILES string of the molecule is C#CCN[S+]([O-])C(C)(C)C.